The molecule has 3 heterocycles. The van der Waals surface area contributed by atoms with E-state index in [9.17, 15) is 4.79 Å². The van der Waals surface area contributed by atoms with E-state index in [2.05, 4.69) is 20.1 Å². The van der Waals surface area contributed by atoms with Crippen molar-refractivity contribution in [2.45, 2.75) is 45.2 Å². The van der Waals surface area contributed by atoms with Crippen LogP contribution >= 0.6 is 0 Å². The van der Waals surface area contributed by atoms with Gasteiger partial charge in [-0.2, -0.15) is 0 Å². The molecule has 1 aliphatic heterocycles. The Bertz CT molecular complexity index is 588. The molecule has 1 atom stereocenters. The lowest BCUT2D eigenvalue weighted by molar-refractivity contribution is -0.122. The maximum absolute atomic E-state index is 11.9. The Morgan fingerprint density at radius 1 is 1.55 bits per heavy atom. The Morgan fingerprint density at radius 3 is 3.25 bits per heavy atom. The maximum Gasteiger partial charge on any atom is 0.220 e. The average Bonchev–Trinajstić information content (AvgIpc) is 3.07. The molecule has 0 bridgehead atoms. The molecule has 6 nitrogen and oxygen atoms in total. The third-order valence-electron chi connectivity index (χ3n) is 3.68. The zero-order valence-corrected chi connectivity index (χ0v) is 11.5. The average molecular weight is 274 g/mol. The molecule has 0 aromatic carbocycles. The lowest BCUT2D eigenvalue weighted by Crippen LogP contribution is -2.41. The summed E-state index contributed by atoms with van der Waals surface area (Å²) < 4.78 is 7.31. The molecule has 0 unspecified atom stereocenters. The second-order valence-electron chi connectivity index (χ2n) is 5.16. The Balaban J connectivity index is 1.51. The number of furan rings is 1. The summed E-state index contributed by atoms with van der Waals surface area (Å²) in [6.07, 6.45) is 4.51. The fraction of sp³-hybridized carbons (Fsp3) is 0.500. The first-order valence-corrected chi connectivity index (χ1v) is 6.93. The number of aromatic nitrogens is 3. The van der Waals surface area contributed by atoms with E-state index in [4.69, 9.17) is 4.42 Å². The van der Waals surface area contributed by atoms with E-state index in [1.54, 1.807) is 6.26 Å². The second kappa shape index (κ2) is 5.48. The molecule has 20 heavy (non-hydrogen) atoms. The highest BCUT2D eigenvalue weighted by Gasteiger charge is 2.22. The van der Waals surface area contributed by atoms with Crippen LogP contribution in [0, 0.1) is 6.92 Å². The molecular formula is C14H18N4O2. The Kier molecular flexibility index (Phi) is 3.54. The van der Waals surface area contributed by atoms with E-state index in [1.165, 1.54) is 0 Å². The topological polar surface area (TPSA) is 73.0 Å². The number of hydrogen-bond donors (Lipinski definition) is 1. The Labute approximate surface area is 117 Å². The van der Waals surface area contributed by atoms with Gasteiger partial charge in [-0.15, -0.1) is 10.2 Å². The first-order chi connectivity index (χ1) is 9.72. The van der Waals surface area contributed by atoms with Crippen LogP contribution < -0.4 is 5.32 Å². The van der Waals surface area contributed by atoms with E-state index in [-0.39, 0.29) is 11.9 Å². The van der Waals surface area contributed by atoms with Crippen LogP contribution in [0.2, 0.25) is 0 Å². The number of rotatable bonds is 4. The zero-order chi connectivity index (χ0) is 13.9. The minimum atomic E-state index is 0.0700. The molecule has 3 rings (SSSR count). The normalized spacial score (nSPS) is 17.8. The van der Waals surface area contributed by atoms with Gasteiger partial charge in [0.15, 0.2) is 0 Å². The number of nitrogens with one attached hydrogen (secondary N) is 1. The Hall–Kier alpha value is -2.11. The summed E-state index contributed by atoms with van der Waals surface area (Å²) in [6.45, 7) is 2.71. The minimum Gasteiger partial charge on any atom is -0.469 e. The van der Waals surface area contributed by atoms with Crippen molar-refractivity contribution in [3.63, 3.8) is 0 Å². The molecule has 2 aromatic rings. The number of hydrogen-bond acceptors (Lipinski definition) is 4. The van der Waals surface area contributed by atoms with Gasteiger partial charge in [0.1, 0.15) is 17.4 Å². The summed E-state index contributed by atoms with van der Waals surface area (Å²) in [5.74, 6) is 2.85. The zero-order valence-electron chi connectivity index (χ0n) is 11.5. The molecule has 1 amide bonds. The van der Waals surface area contributed by atoms with Crippen molar-refractivity contribution in [3.05, 3.63) is 35.8 Å². The standard InChI is InChI=1S/C14H18N4O2/c1-10-16-17-13-6-4-11(9-18(10)13)15-14(19)7-5-12-3-2-8-20-12/h2-3,8,11H,4-7,9H2,1H3,(H,15,19)/t11-/m1/s1. The largest absolute Gasteiger partial charge is 0.469 e. The van der Waals surface area contributed by atoms with Crippen molar-refractivity contribution in [1.82, 2.24) is 20.1 Å². The van der Waals surface area contributed by atoms with Gasteiger partial charge in [-0.3, -0.25) is 4.79 Å². The number of carbonyl (C=O) groups excluding carboxylic acids is 1. The van der Waals surface area contributed by atoms with Gasteiger partial charge in [-0.1, -0.05) is 0 Å². The molecule has 6 heteroatoms. The smallest absolute Gasteiger partial charge is 0.220 e. The van der Waals surface area contributed by atoms with Crippen molar-refractivity contribution >= 4 is 5.91 Å². The van der Waals surface area contributed by atoms with E-state index in [0.29, 0.717) is 12.8 Å². The maximum atomic E-state index is 11.9. The monoisotopic (exact) mass is 274 g/mol. The lowest BCUT2D eigenvalue weighted by Gasteiger charge is -2.24. The number of fused-ring (bicyclic) bond motifs is 1. The van der Waals surface area contributed by atoms with Gasteiger partial charge < -0.3 is 14.3 Å². The van der Waals surface area contributed by atoms with Crippen LogP contribution in [0.15, 0.2) is 22.8 Å². The van der Waals surface area contributed by atoms with Crippen LogP contribution in [0.4, 0.5) is 0 Å². The molecule has 1 aliphatic rings. The summed E-state index contributed by atoms with van der Waals surface area (Å²) >= 11 is 0. The van der Waals surface area contributed by atoms with E-state index >= 15 is 0 Å². The minimum absolute atomic E-state index is 0.0700. The molecule has 0 radical (unpaired) electrons. The molecule has 0 saturated carbocycles. The first-order valence-electron chi connectivity index (χ1n) is 6.93. The predicted octanol–water partition coefficient (Wildman–Crippen LogP) is 1.24. The lowest BCUT2D eigenvalue weighted by atomic mass is 10.1. The highest BCUT2D eigenvalue weighted by Crippen LogP contribution is 2.14. The highest BCUT2D eigenvalue weighted by molar-refractivity contribution is 5.76. The summed E-state index contributed by atoms with van der Waals surface area (Å²) in [4.78, 5) is 11.9. The SMILES string of the molecule is Cc1nnc2n1C[C@H](NC(=O)CCc1ccco1)CC2. The number of nitrogens with zero attached hydrogens (tertiary/aromatic N) is 3. The van der Waals surface area contributed by atoms with Gasteiger partial charge in [-0.25, -0.2) is 0 Å². The summed E-state index contributed by atoms with van der Waals surface area (Å²) in [6, 6.07) is 3.90. The van der Waals surface area contributed by atoms with Crippen LogP contribution in [0.5, 0.6) is 0 Å². The molecule has 2 aromatic heterocycles. The molecular weight excluding hydrogens is 256 g/mol. The summed E-state index contributed by atoms with van der Waals surface area (Å²) in [7, 11) is 0. The molecule has 1 N–H and O–H groups in total. The second-order valence-corrected chi connectivity index (χ2v) is 5.16. The molecule has 0 aliphatic carbocycles. The number of amides is 1. The quantitative estimate of drug-likeness (QED) is 0.910. The fourth-order valence-electron chi connectivity index (χ4n) is 2.57. The van der Waals surface area contributed by atoms with Gasteiger partial charge in [-0.05, 0) is 25.5 Å². The van der Waals surface area contributed by atoms with Crippen molar-refractivity contribution < 1.29 is 9.21 Å². The highest BCUT2D eigenvalue weighted by atomic mass is 16.3. The van der Waals surface area contributed by atoms with E-state index < -0.39 is 0 Å². The number of aryl methyl sites for hydroxylation is 3. The van der Waals surface area contributed by atoms with Crippen LogP contribution in [0.3, 0.4) is 0 Å². The third kappa shape index (κ3) is 2.74. The van der Waals surface area contributed by atoms with E-state index in [1.807, 2.05) is 19.1 Å². The van der Waals surface area contributed by atoms with E-state index in [0.717, 1.165) is 36.8 Å². The van der Waals surface area contributed by atoms with Gasteiger partial charge in [0.2, 0.25) is 5.91 Å². The van der Waals surface area contributed by atoms with Gasteiger partial charge in [0.25, 0.3) is 0 Å². The van der Waals surface area contributed by atoms with Crippen LogP contribution in [0.25, 0.3) is 0 Å². The van der Waals surface area contributed by atoms with Crippen LogP contribution in [0.1, 0.15) is 30.3 Å². The van der Waals surface area contributed by atoms with Crippen molar-refractivity contribution in [3.8, 4) is 0 Å². The van der Waals surface area contributed by atoms with Gasteiger partial charge in [0, 0.05) is 31.8 Å². The van der Waals surface area contributed by atoms with Crippen molar-refractivity contribution in [2.75, 3.05) is 0 Å². The number of carbonyl (C=O) groups is 1. The van der Waals surface area contributed by atoms with Crippen molar-refractivity contribution in [2.24, 2.45) is 0 Å². The van der Waals surface area contributed by atoms with Crippen LogP contribution in [-0.4, -0.2) is 26.7 Å². The molecule has 0 spiro atoms. The molecule has 0 saturated heterocycles. The molecule has 0 fully saturated rings. The van der Waals surface area contributed by atoms with Gasteiger partial charge in [0.05, 0.1) is 6.26 Å². The van der Waals surface area contributed by atoms with Gasteiger partial charge >= 0.3 is 0 Å². The third-order valence-corrected chi connectivity index (χ3v) is 3.68. The molecule has 106 valence electrons. The van der Waals surface area contributed by atoms with Crippen LogP contribution in [-0.2, 0) is 24.2 Å². The summed E-state index contributed by atoms with van der Waals surface area (Å²) in [5, 5.41) is 11.3. The fourth-order valence-corrected chi connectivity index (χ4v) is 2.57. The predicted molar refractivity (Wildman–Crippen MR) is 72.0 cm³/mol. The summed E-state index contributed by atoms with van der Waals surface area (Å²) in [5.41, 5.74) is 0. The Morgan fingerprint density at radius 2 is 2.45 bits per heavy atom. The first kappa shape index (κ1) is 12.9. The van der Waals surface area contributed by atoms with Crippen molar-refractivity contribution in [1.29, 1.82) is 0 Å².